The van der Waals surface area contributed by atoms with E-state index in [2.05, 4.69) is 0 Å². The zero-order valence-corrected chi connectivity index (χ0v) is 17.9. The fourth-order valence-electron chi connectivity index (χ4n) is 3.55. The van der Waals surface area contributed by atoms with Crippen LogP contribution in [0.4, 0.5) is 0 Å². The summed E-state index contributed by atoms with van der Waals surface area (Å²) in [4.78, 5) is 0. The van der Waals surface area contributed by atoms with Gasteiger partial charge < -0.3 is 80.2 Å². The fourth-order valence-corrected chi connectivity index (χ4v) is 3.55. The third kappa shape index (κ3) is 6.56. The summed E-state index contributed by atoms with van der Waals surface area (Å²) in [5.74, 6) is 0. The molecule has 14 atom stereocenters. The summed E-state index contributed by atoms with van der Waals surface area (Å²) in [5, 5.41) is 117. The summed E-state index contributed by atoms with van der Waals surface area (Å²) in [6.45, 7) is -3.29. The normalized spacial score (nSPS) is 41.1. The standard InChI is InChI=1S/C18H34O16/c19-1-5(22)9(25)10(26)7(24)4-31-18-16(14(30)15(33-18)6(23)2-20)34-17-13(29)12(28)11(27)8(3-21)32-17/h5-30H,1-4H2/t5-,6+,7+,8+,9+,10-,11+,12-,13+,14-,15-,16+,17+,18+/m0/s1. The Morgan fingerprint density at radius 2 is 1.29 bits per heavy atom. The number of hydrogen-bond acceptors (Lipinski definition) is 16. The number of ether oxygens (including phenoxy) is 4. The highest BCUT2D eigenvalue weighted by Gasteiger charge is 2.52. The van der Waals surface area contributed by atoms with E-state index in [0.717, 1.165) is 0 Å². The van der Waals surface area contributed by atoms with Crippen molar-refractivity contribution in [3.63, 3.8) is 0 Å². The van der Waals surface area contributed by atoms with Crippen LogP contribution >= 0.6 is 0 Å². The molecule has 2 fully saturated rings. The van der Waals surface area contributed by atoms with Crippen LogP contribution in [0.1, 0.15) is 0 Å². The van der Waals surface area contributed by atoms with Crippen LogP contribution in [-0.4, -0.2) is 174 Å². The molecule has 2 saturated heterocycles. The number of hydrogen-bond donors (Lipinski definition) is 12. The molecule has 0 spiro atoms. The van der Waals surface area contributed by atoms with Crippen molar-refractivity contribution < 1.29 is 80.2 Å². The van der Waals surface area contributed by atoms with Crippen LogP contribution in [0.3, 0.4) is 0 Å². The van der Waals surface area contributed by atoms with Crippen molar-refractivity contribution in [2.24, 2.45) is 0 Å². The second-order valence-corrected chi connectivity index (χ2v) is 8.14. The third-order valence-electron chi connectivity index (χ3n) is 5.70. The van der Waals surface area contributed by atoms with E-state index in [0.29, 0.717) is 0 Å². The third-order valence-corrected chi connectivity index (χ3v) is 5.70. The molecule has 16 nitrogen and oxygen atoms in total. The van der Waals surface area contributed by atoms with Gasteiger partial charge in [0.25, 0.3) is 0 Å². The van der Waals surface area contributed by atoms with E-state index in [1.54, 1.807) is 0 Å². The fraction of sp³-hybridized carbons (Fsp3) is 1.00. The van der Waals surface area contributed by atoms with Gasteiger partial charge in [0, 0.05) is 0 Å². The molecule has 2 rings (SSSR count). The van der Waals surface area contributed by atoms with Gasteiger partial charge in [0.2, 0.25) is 0 Å². The Morgan fingerprint density at radius 3 is 1.85 bits per heavy atom. The van der Waals surface area contributed by atoms with Gasteiger partial charge in [-0.25, -0.2) is 0 Å². The highest BCUT2D eigenvalue weighted by Crippen LogP contribution is 2.31. The highest BCUT2D eigenvalue weighted by atomic mass is 16.8. The Morgan fingerprint density at radius 1 is 0.676 bits per heavy atom. The van der Waals surface area contributed by atoms with E-state index in [9.17, 15) is 56.2 Å². The summed E-state index contributed by atoms with van der Waals surface area (Å²) in [6, 6.07) is 0. The van der Waals surface area contributed by atoms with E-state index in [1.807, 2.05) is 0 Å². The van der Waals surface area contributed by atoms with Crippen LogP contribution in [-0.2, 0) is 18.9 Å². The minimum Gasteiger partial charge on any atom is -0.394 e. The van der Waals surface area contributed by atoms with Crippen molar-refractivity contribution in [2.75, 3.05) is 26.4 Å². The van der Waals surface area contributed by atoms with Gasteiger partial charge in [-0.2, -0.15) is 0 Å². The van der Waals surface area contributed by atoms with Gasteiger partial charge in [-0.05, 0) is 0 Å². The molecule has 16 heteroatoms. The molecular weight excluding hydrogens is 472 g/mol. The lowest BCUT2D eigenvalue weighted by Crippen LogP contribution is -2.60. The zero-order chi connectivity index (χ0) is 25.7. The molecule has 0 saturated carbocycles. The summed E-state index contributed by atoms with van der Waals surface area (Å²) in [6.07, 6.45) is -24.0. The van der Waals surface area contributed by atoms with E-state index < -0.39 is 112 Å². The lowest BCUT2D eigenvalue weighted by atomic mass is 9.99. The molecule has 0 aromatic rings. The second kappa shape index (κ2) is 13.1. The van der Waals surface area contributed by atoms with E-state index in [1.165, 1.54) is 0 Å². The molecule has 0 aromatic heterocycles. The van der Waals surface area contributed by atoms with E-state index in [4.69, 9.17) is 24.1 Å². The Bertz CT molecular complexity index is 596. The van der Waals surface area contributed by atoms with Gasteiger partial charge in [0.15, 0.2) is 12.6 Å². The molecule has 0 bridgehead atoms. The van der Waals surface area contributed by atoms with Gasteiger partial charge in [0.05, 0.1) is 26.4 Å². The minimum absolute atomic E-state index is 0.758. The Balaban J connectivity index is 2.12. The van der Waals surface area contributed by atoms with Crippen molar-refractivity contribution in [2.45, 2.75) is 85.8 Å². The first-order valence-corrected chi connectivity index (χ1v) is 10.5. The molecule has 2 heterocycles. The number of aliphatic hydroxyl groups is 12. The summed E-state index contributed by atoms with van der Waals surface area (Å²) < 4.78 is 21.2. The Hall–Kier alpha value is -0.640. The highest BCUT2D eigenvalue weighted by molar-refractivity contribution is 4.95. The van der Waals surface area contributed by atoms with Crippen molar-refractivity contribution >= 4 is 0 Å². The van der Waals surface area contributed by atoms with E-state index in [-0.39, 0.29) is 0 Å². The van der Waals surface area contributed by atoms with Gasteiger partial charge >= 0.3 is 0 Å². The van der Waals surface area contributed by atoms with Crippen LogP contribution in [0, 0.1) is 0 Å². The van der Waals surface area contributed by atoms with Crippen LogP contribution in [0.2, 0.25) is 0 Å². The van der Waals surface area contributed by atoms with Crippen molar-refractivity contribution in [1.82, 2.24) is 0 Å². The predicted molar refractivity (Wildman–Crippen MR) is 103 cm³/mol. The van der Waals surface area contributed by atoms with Crippen LogP contribution in [0.25, 0.3) is 0 Å². The topological polar surface area (TPSA) is 280 Å². The average molecular weight is 506 g/mol. The quantitative estimate of drug-likeness (QED) is 0.117. The summed E-state index contributed by atoms with van der Waals surface area (Å²) >= 11 is 0. The van der Waals surface area contributed by atoms with Crippen molar-refractivity contribution in [1.29, 1.82) is 0 Å². The second-order valence-electron chi connectivity index (χ2n) is 8.14. The monoisotopic (exact) mass is 506 g/mol. The maximum absolute atomic E-state index is 10.5. The van der Waals surface area contributed by atoms with Crippen LogP contribution in [0.15, 0.2) is 0 Å². The molecule has 202 valence electrons. The van der Waals surface area contributed by atoms with E-state index >= 15 is 0 Å². The largest absolute Gasteiger partial charge is 0.394 e. The molecule has 0 radical (unpaired) electrons. The van der Waals surface area contributed by atoms with Crippen molar-refractivity contribution in [3.05, 3.63) is 0 Å². The Kier molecular flexibility index (Phi) is 11.4. The SMILES string of the molecule is OC[C@@H](O)[C@@H]1O[C@@H](OC[C@@H](O)[C@H](O)[C@H](O)[C@@H](O)CO)[C@H](O[C@H]2O[C@H](CO)[C@@H](O)[C@H](O)[C@H]2O)[C@H]1O. The molecule has 0 aliphatic carbocycles. The maximum atomic E-state index is 10.5. The van der Waals surface area contributed by atoms with Gasteiger partial charge in [-0.15, -0.1) is 0 Å². The first kappa shape index (κ1) is 29.6. The maximum Gasteiger partial charge on any atom is 0.187 e. The van der Waals surface area contributed by atoms with Gasteiger partial charge in [-0.3, -0.25) is 0 Å². The molecule has 2 aliphatic heterocycles. The first-order valence-electron chi connectivity index (χ1n) is 10.5. The smallest absolute Gasteiger partial charge is 0.187 e. The zero-order valence-electron chi connectivity index (χ0n) is 17.9. The Labute approximate surface area is 193 Å². The first-order chi connectivity index (χ1) is 16.0. The molecule has 0 unspecified atom stereocenters. The average Bonchev–Trinajstić information content (AvgIpc) is 3.15. The van der Waals surface area contributed by atoms with Crippen LogP contribution < -0.4 is 0 Å². The molecular formula is C18H34O16. The number of aliphatic hydroxyl groups excluding tert-OH is 12. The van der Waals surface area contributed by atoms with Gasteiger partial charge in [-0.1, -0.05) is 0 Å². The molecule has 12 N–H and O–H groups in total. The summed E-state index contributed by atoms with van der Waals surface area (Å²) in [5.41, 5.74) is 0. The molecule has 34 heavy (non-hydrogen) atoms. The lowest BCUT2D eigenvalue weighted by Gasteiger charge is -2.41. The number of rotatable bonds is 12. The predicted octanol–water partition coefficient (Wildman–Crippen LogP) is -7.94. The lowest BCUT2D eigenvalue weighted by molar-refractivity contribution is -0.327. The van der Waals surface area contributed by atoms with Crippen molar-refractivity contribution in [3.8, 4) is 0 Å². The molecule has 2 aliphatic rings. The molecule has 0 aromatic carbocycles. The van der Waals surface area contributed by atoms with Gasteiger partial charge in [0.1, 0.15) is 73.2 Å². The minimum atomic E-state index is -1.97. The summed E-state index contributed by atoms with van der Waals surface area (Å²) in [7, 11) is 0. The molecule has 0 amide bonds. The van der Waals surface area contributed by atoms with Crippen LogP contribution in [0.5, 0.6) is 0 Å².